The average molecular weight is 190 g/mol. The number of aliphatic hydroxyl groups is 1. The van der Waals surface area contributed by atoms with E-state index >= 15 is 0 Å². The molecule has 0 fully saturated rings. The molecular weight excluding hydrogens is 176 g/mol. The van der Waals surface area contributed by atoms with Gasteiger partial charge in [-0.3, -0.25) is 0 Å². The highest BCUT2D eigenvalue weighted by atomic mass is 16.3. The SMILES string of the molecule is Cc1cc(C#N)ccc1N(C)CCO. The zero-order valence-corrected chi connectivity index (χ0v) is 8.49. The molecule has 1 aromatic rings. The van der Waals surface area contributed by atoms with Crippen LogP contribution in [-0.4, -0.2) is 25.3 Å². The van der Waals surface area contributed by atoms with E-state index in [0.717, 1.165) is 11.3 Å². The normalized spacial score (nSPS) is 9.57. The molecule has 14 heavy (non-hydrogen) atoms. The minimum absolute atomic E-state index is 0.135. The van der Waals surface area contributed by atoms with Gasteiger partial charge in [0.2, 0.25) is 0 Å². The largest absolute Gasteiger partial charge is 0.395 e. The Balaban J connectivity index is 2.95. The Morgan fingerprint density at radius 1 is 1.50 bits per heavy atom. The molecule has 0 saturated heterocycles. The molecule has 1 N–H and O–H groups in total. The van der Waals surface area contributed by atoms with Gasteiger partial charge < -0.3 is 10.0 Å². The number of aryl methyl sites for hydroxylation is 1. The molecule has 0 radical (unpaired) electrons. The predicted molar refractivity (Wildman–Crippen MR) is 56.2 cm³/mol. The third-order valence-electron chi connectivity index (χ3n) is 2.17. The molecule has 0 aliphatic heterocycles. The Hall–Kier alpha value is -1.53. The van der Waals surface area contributed by atoms with Crippen molar-refractivity contribution in [3.63, 3.8) is 0 Å². The summed E-state index contributed by atoms with van der Waals surface area (Å²) < 4.78 is 0. The average Bonchev–Trinajstić information content (AvgIpc) is 2.17. The fraction of sp³-hybridized carbons (Fsp3) is 0.364. The third kappa shape index (κ3) is 2.24. The maximum absolute atomic E-state index is 8.80. The lowest BCUT2D eigenvalue weighted by Crippen LogP contribution is -2.21. The van der Waals surface area contributed by atoms with Gasteiger partial charge >= 0.3 is 0 Å². The molecule has 74 valence electrons. The number of likely N-dealkylation sites (N-methyl/N-ethyl adjacent to an activating group) is 1. The van der Waals surface area contributed by atoms with E-state index in [0.29, 0.717) is 12.1 Å². The first-order valence-electron chi connectivity index (χ1n) is 4.51. The second kappa shape index (κ2) is 4.64. The lowest BCUT2D eigenvalue weighted by Gasteiger charge is -2.20. The van der Waals surface area contributed by atoms with E-state index in [2.05, 4.69) is 6.07 Å². The first kappa shape index (κ1) is 10.6. The van der Waals surface area contributed by atoms with Crippen LogP contribution in [0.4, 0.5) is 5.69 Å². The quantitative estimate of drug-likeness (QED) is 0.781. The zero-order chi connectivity index (χ0) is 10.6. The molecule has 1 rings (SSSR count). The summed E-state index contributed by atoms with van der Waals surface area (Å²) in [6, 6.07) is 7.64. The molecule has 0 heterocycles. The number of hydrogen-bond donors (Lipinski definition) is 1. The molecule has 0 aromatic heterocycles. The Kier molecular flexibility index (Phi) is 3.49. The van der Waals surface area contributed by atoms with Crippen LogP contribution in [0.2, 0.25) is 0 Å². The van der Waals surface area contributed by atoms with Gasteiger partial charge in [-0.25, -0.2) is 0 Å². The van der Waals surface area contributed by atoms with Gasteiger partial charge in [0.05, 0.1) is 18.2 Å². The molecular formula is C11H14N2O. The lowest BCUT2D eigenvalue weighted by molar-refractivity contribution is 0.304. The molecule has 0 unspecified atom stereocenters. The molecule has 0 aliphatic carbocycles. The summed E-state index contributed by atoms with van der Waals surface area (Å²) in [4.78, 5) is 1.97. The van der Waals surface area contributed by atoms with Gasteiger partial charge in [0, 0.05) is 19.3 Å². The van der Waals surface area contributed by atoms with E-state index in [1.165, 1.54) is 0 Å². The molecule has 0 spiro atoms. The van der Waals surface area contributed by atoms with Gasteiger partial charge in [-0.1, -0.05) is 0 Å². The lowest BCUT2D eigenvalue weighted by atomic mass is 10.1. The molecule has 3 nitrogen and oxygen atoms in total. The van der Waals surface area contributed by atoms with Crippen LogP contribution < -0.4 is 4.90 Å². The van der Waals surface area contributed by atoms with Crippen molar-refractivity contribution in [2.75, 3.05) is 25.1 Å². The van der Waals surface area contributed by atoms with Gasteiger partial charge in [-0.05, 0) is 30.7 Å². The van der Waals surface area contributed by atoms with Crippen molar-refractivity contribution >= 4 is 5.69 Å². The van der Waals surface area contributed by atoms with Crippen LogP contribution in [0.1, 0.15) is 11.1 Å². The van der Waals surface area contributed by atoms with Crippen molar-refractivity contribution in [1.82, 2.24) is 0 Å². The fourth-order valence-electron chi connectivity index (χ4n) is 1.42. The van der Waals surface area contributed by atoms with E-state index in [1.807, 2.05) is 31.0 Å². The van der Waals surface area contributed by atoms with Crippen molar-refractivity contribution in [2.24, 2.45) is 0 Å². The fourth-order valence-corrected chi connectivity index (χ4v) is 1.42. The summed E-state index contributed by atoms with van der Waals surface area (Å²) >= 11 is 0. The molecule has 0 amide bonds. The number of hydrogen-bond acceptors (Lipinski definition) is 3. The van der Waals surface area contributed by atoms with Gasteiger partial charge in [-0.15, -0.1) is 0 Å². The van der Waals surface area contributed by atoms with Gasteiger partial charge in [0.15, 0.2) is 0 Å². The van der Waals surface area contributed by atoms with Crippen LogP contribution in [0.5, 0.6) is 0 Å². The Morgan fingerprint density at radius 3 is 2.71 bits per heavy atom. The minimum Gasteiger partial charge on any atom is -0.395 e. The number of nitrogens with zero attached hydrogens (tertiary/aromatic N) is 2. The van der Waals surface area contributed by atoms with Crippen LogP contribution >= 0.6 is 0 Å². The number of rotatable bonds is 3. The van der Waals surface area contributed by atoms with Gasteiger partial charge in [-0.2, -0.15) is 5.26 Å². The van der Waals surface area contributed by atoms with Crippen LogP contribution in [0.25, 0.3) is 0 Å². The Labute approximate surface area is 84.2 Å². The van der Waals surface area contributed by atoms with E-state index in [1.54, 1.807) is 6.07 Å². The van der Waals surface area contributed by atoms with Crippen LogP contribution in [0.15, 0.2) is 18.2 Å². The molecule has 1 aromatic carbocycles. The standard InChI is InChI=1S/C11H14N2O/c1-9-7-10(8-12)3-4-11(9)13(2)5-6-14/h3-4,7,14H,5-6H2,1-2H3. The Morgan fingerprint density at radius 2 is 2.21 bits per heavy atom. The van der Waals surface area contributed by atoms with Crippen LogP contribution in [-0.2, 0) is 0 Å². The molecule has 3 heteroatoms. The van der Waals surface area contributed by atoms with Crippen molar-refractivity contribution < 1.29 is 5.11 Å². The Bertz CT molecular complexity index is 355. The maximum atomic E-state index is 8.80. The predicted octanol–water partition coefficient (Wildman–Crippen LogP) is 1.30. The molecule has 0 bridgehead atoms. The van der Waals surface area contributed by atoms with Crippen LogP contribution in [0, 0.1) is 18.3 Å². The van der Waals surface area contributed by atoms with Crippen molar-refractivity contribution in [2.45, 2.75) is 6.92 Å². The van der Waals surface area contributed by atoms with Crippen LogP contribution in [0.3, 0.4) is 0 Å². The first-order chi connectivity index (χ1) is 6.69. The molecule has 0 saturated carbocycles. The molecule has 0 aliphatic rings. The number of nitriles is 1. The van der Waals surface area contributed by atoms with Gasteiger partial charge in [0.1, 0.15) is 0 Å². The van der Waals surface area contributed by atoms with Crippen molar-refractivity contribution in [3.8, 4) is 6.07 Å². The highest BCUT2D eigenvalue weighted by molar-refractivity contribution is 5.55. The first-order valence-corrected chi connectivity index (χ1v) is 4.51. The minimum atomic E-state index is 0.135. The smallest absolute Gasteiger partial charge is 0.0991 e. The van der Waals surface area contributed by atoms with Crippen molar-refractivity contribution in [1.29, 1.82) is 5.26 Å². The highest BCUT2D eigenvalue weighted by Crippen LogP contribution is 2.19. The summed E-state index contributed by atoms with van der Waals surface area (Å²) in [6.07, 6.45) is 0. The third-order valence-corrected chi connectivity index (χ3v) is 2.17. The zero-order valence-electron chi connectivity index (χ0n) is 8.49. The second-order valence-corrected chi connectivity index (χ2v) is 3.26. The summed E-state index contributed by atoms with van der Waals surface area (Å²) in [5, 5.41) is 17.5. The van der Waals surface area contributed by atoms with E-state index in [9.17, 15) is 0 Å². The topological polar surface area (TPSA) is 47.3 Å². The van der Waals surface area contributed by atoms with E-state index < -0.39 is 0 Å². The second-order valence-electron chi connectivity index (χ2n) is 3.26. The summed E-state index contributed by atoms with van der Waals surface area (Å²) in [7, 11) is 1.92. The van der Waals surface area contributed by atoms with Crippen molar-refractivity contribution in [3.05, 3.63) is 29.3 Å². The summed E-state index contributed by atoms with van der Waals surface area (Å²) in [6.45, 7) is 2.70. The maximum Gasteiger partial charge on any atom is 0.0991 e. The summed E-state index contributed by atoms with van der Waals surface area (Å²) in [5.74, 6) is 0. The monoisotopic (exact) mass is 190 g/mol. The number of benzene rings is 1. The highest BCUT2D eigenvalue weighted by Gasteiger charge is 2.04. The van der Waals surface area contributed by atoms with E-state index in [4.69, 9.17) is 10.4 Å². The van der Waals surface area contributed by atoms with E-state index in [-0.39, 0.29) is 6.61 Å². The number of anilines is 1. The molecule has 0 atom stereocenters. The number of aliphatic hydroxyl groups excluding tert-OH is 1. The summed E-state index contributed by atoms with van der Waals surface area (Å²) in [5.41, 5.74) is 2.78. The van der Waals surface area contributed by atoms with Gasteiger partial charge in [0.25, 0.3) is 0 Å².